The van der Waals surface area contributed by atoms with E-state index in [0.717, 1.165) is 34.5 Å². The molecule has 0 aliphatic heterocycles. The lowest BCUT2D eigenvalue weighted by molar-refractivity contribution is -0.119. The van der Waals surface area contributed by atoms with Crippen molar-refractivity contribution in [2.75, 3.05) is 17.1 Å². The van der Waals surface area contributed by atoms with E-state index < -0.39 is 10.0 Å². The van der Waals surface area contributed by atoms with E-state index in [9.17, 15) is 13.2 Å². The van der Waals surface area contributed by atoms with Crippen LogP contribution in [0.3, 0.4) is 0 Å². The molecule has 6 nitrogen and oxygen atoms in total. The highest BCUT2D eigenvalue weighted by atomic mass is 32.2. The molecule has 0 bridgehead atoms. The first-order valence-electron chi connectivity index (χ1n) is 11.0. The van der Waals surface area contributed by atoms with Gasteiger partial charge in [-0.2, -0.15) is 0 Å². The van der Waals surface area contributed by atoms with Gasteiger partial charge in [-0.1, -0.05) is 62.4 Å². The molecule has 0 saturated heterocycles. The van der Waals surface area contributed by atoms with Gasteiger partial charge in [0.15, 0.2) is 5.75 Å². The van der Waals surface area contributed by atoms with Gasteiger partial charge in [-0.25, -0.2) is 8.42 Å². The molecule has 174 valence electrons. The number of anilines is 1. The van der Waals surface area contributed by atoms with E-state index in [1.807, 2.05) is 18.2 Å². The summed E-state index contributed by atoms with van der Waals surface area (Å²) in [5.74, 6) is 0.537. The molecule has 0 aliphatic carbocycles. The second kappa shape index (κ2) is 11.0. The summed E-state index contributed by atoms with van der Waals surface area (Å²) >= 11 is 0. The highest BCUT2D eigenvalue weighted by molar-refractivity contribution is 7.92. The largest absolute Gasteiger partial charge is 0.455 e. The topological polar surface area (TPSA) is 75.7 Å². The highest BCUT2D eigenvalue weighted by Crippen LogP contribution is 2.33. The Hall–Kier alpha value is -3.32. The summed E-state index contributed by atoms with van der Waals surface area (Å²) in [7, 11) is -3.74. The zero-order valence-electron chi connectivity index (χ0n) is 19.2. The predicted octanol–water partition coefficient (Wildman–Crippen LogP) is 4.69. The molecule has 3 aromatic rings. The summed E-state index contributed by atoms with van der Waals surface area (Å²) in [5, 5.41) is 2.88. The molecule has 0 heterocycles. The SMILES string of the molecule is CCc1ccc(CC)c(CNC(=O)CN(c2ccccc2Oc2ccccc2)S(C)(=O)=O)c1. The van der Waals surface area contributed by atoms with Gasteiger partial charge in [0, 0.05) is 6.54 Å². The van der Waals surface area contributed by atoms with Crippen LogP contribution in [0.25, 0.3) is 0 Å². The molecule has 0 atom stereocenters. The van der Waals surface area contributed by atoms with Crippen LogP contribution in [0.15, 0.2) is 72.8 Å². The second-order valence-electron chi connectivity index (χ2n) is 7.74. The van der Waals surface area contributed by atoms with Crippen LogP contribution >= 0.6 is 0 Å². The Bertz CT molecular complexity index is 1190. The summed E-state index contributed by atoms with van der Waals surface area (Å²) in [6, 6.07) is 22.2. The molecule has 1 N–H and O–H groups in total. The highest BCUT2D eigenvalue weighted by Gasteiger charge is 2.24. The lowest BCUT2D eigenvalue weighted by atomic mass is 10.0. The monoisotopic (exact) mass is 466 g/mol. The van der Waals surface area contributed by atoms with E-state index in [1.54, 1.807) is 36.4 Å². The van der Waals surface area contributed by atoms with E-state index in [4.69, 9.17) is 4.74 Å². The quantitative estimate of drug-likeness (QED) is 0.471. The smallest absolute Gasteiger partial charge is 0.241 e. The summed E-state index contributed by atoms with van der Waals surface area (Å²) < 4.78 is 32.2. The fourth-order valence-electron chi connectivity index (χ4n) is 3.53. The molecule has 33 heavy (non-hydrogen) atoms. The Morgan fingerprint density at radius 3 is 2.27 bits per heavy atom. The second-order valence-corrected chi connectivity index (χ2v) is 9.65. The van der Waals surface area contributed by atoms with Crippen molar-refractivity contribution in [3.8, 4) is 11.5 Å². The number of aryl methyl sites for hydroxylation is 2. The van der Waals surface area contributed by atoms with E-state index in [0.29, 0.717) is 23.7 Å². The summed E-state index contributed by atoms with van der Waals surface area (Å²) in [6.07, 6.45) is 2.85. The number of para-hydroxylation sites is 3. The summed E-state index contributed by atoms with van der Waals surface area (Å²) in [6.45, 7) is 4.15. The number of hydrogen-bond donors (Lipinski definition) is 1. The minimum atomic E-state index is -3.74. The predicted molar refractivity (Wildman–Crippen MR) is 132 cm³/mol. The van der Waals surface area contributed by atoms with Gasteiger partial charge in [0.05, 0.1) is 11.9 Å². The van der Waals surface area contributed by atoms with Crippen molar-refractivity contribution >= 4 is 21.6 Å². The zero-order chi connectivity index (χ0) is 23.8. The maximum absolute atomic E-state index is 12.8. The molecule has 0 fully saturated rings. The Kier molecular flexibility index (Phi) is 8.11. The normalized spacial score (nSPS) is 11.1. The van der Waals surface area contributed by atoms with E-state index in [1.165, 1.54) is 5.56 Å². The zero-order valence-corrected chi connectivity index (χ0v) is 20.1. The molecule has 0 spiro atoms. The minimum absolute atomic E-state index is 0.307. The van der Waals surface area contributed by atoms with Crippen molar-refractivity contribution < 1.29 is 17.9 Å². The van der Waals surface area contributed by atoms with Crippen LogP contribution in [-0.4, -0.2) is 27.1 Å². The number of hydrogen-bond acceptors (Lipinski definition) is 4. The molecule has 0 aromatic heterocycles. The molecule has 0 unspecified atom stereocenters. The number of sulfonamides is 1. The standard InChI is InChI=1S/C26H30N2O4S/c1-4-20-15-16-21(5-2)22(17-20)18-27-26(29)19-28(33(3,30)31)24-13-9-10-14-25(24)32-23-11-7-6-8-12-23/h6-17H,4-5,18-19H2,1-3H3,(H,27,29). The first-order chi connectivity index (χ1) is 15.8. The van der Waals surface area contributed by atoms with Crippen molar-refractivity contribution in [3.63, 3.8) is 0 Å². The molecule has 1 amide bonds. The molecule has 0 saturated carbocycles. The number of nitrogens with zero attached hydrogens (tertiary/aromatic N) is 1. The van der Waals surface area contributed by atoms with Gasteiger partial charge in [0.1, 0.15) is 12.3 Å². The van der Waals surface area contributed by atoms with Crippen LogP contribution in [0.2, 0.25) is 0 Å². The van der Waals surface area contributed by atoms with Gasteiger partial charge < -0.3 is 10.1 Å². The van der Waals surface area contributed by atoms with Crippen LogP contribution in [-0.2, 0) is 34.2 Å². The molecule has 3 rings (SSSR count). The Morgan fingerprint density at radius 1 is 0.909 bits per heavy atom. The number of ether oxygens (including phenoxy) is 1. The number of carbonyl (C=O) groups excluding carboxylic acids is 1. The maximum Gasteiger partial charge on any atom is 0.241 e. The number of rotatable bonds is 10. The van der Waals surface area contributed by atoms with Crippen LogP contribution in [0.5, 0.6) is 11.5 Å². The fraction of sp³-hybridized carbons (Fsp3) is 0.269. The number of carbonyl (C=O) groups is 1. The molecular weight excluding hydrogens is 436 g/mol. The molecule has 0 aliphatic rings. The van der Waals surface area contributed by atoms with E-state index >= 15 is 0 Å². The third-order valence-corrected chi connectivity index (χ3v) is 6.45. The summed E-state index contributed by atoms with van der Waals surface area (Å²) in [5.41, 5.74) is 3.71. The van der Waals surface area contributed by atoms with Crippen molar-refractivity contribution in [1.82, 2.24) is 5.32 Å². The average Bonchev–Trinajstić information content (AvgIpc) is 2.81. The van der Waals surface area contributed by atoms with Crippen LogP contribution in [0, 0.1) is 0 Å². The van der Waals surface area contributed by atoms with Crippen molar-refractivity contribution in [2.45, 2.75) is 33.2 Å². The third-order valence-electron chi connectivity index (χ3n) is 5.33. The van der Waals surface area contributed by atoms with Gasteiger partial charge in [-0.15, -0.1) is 0 Å². The Morgan fingerprint density at radius 2 is 1.61 bits per heavy atom. The van der Waals surface area contributed by atoms with Crippen LogP contribution in [0.4, 0.5) is 5.69 Å². The maximum atomic E-state index is 12.8. The fourth-order valence-corrected chi connectivity index (χ4v) is 4.39. The van der Waals surface area contributed by atoms with Gasteiger partial charge >= 0.3 is 0 Å². The van der Waals surface area contributed by atoms with Gasteiger partial charge in [0.25, 0.3) is 0 Å². The first-order valence-corrected chi connectivity index (χ1v) is 12.8. The molecule has 3 aromatic carbocycles. The molecule has 7 heteroatoms. The van der Waals surface area contributed by atoms with Crippen LogP contribution < -0.4 is 14.4 Å². The van der Waals surface area contributed by atoms with Crippen molar-refractivity contribution in [2.24, 2.45) is 0 Å². The van der Waals surface area contributed by atoms with Crippen LogP contribution in [0.1, 0.15) is 30.5 Å². The van der Waals surface area contributed by atoms with Gasteiger partial charge in [0.2, 0.25) is 15.9 Å². The van der Waals surface area contributed by atoms with Gasteiger partial charge in [-0.05, 0) is 53.8 Å². The Labute approximate surface area is 196 Å². The molecular formula is C26H30N2O4S. The third kappa shape index (κ3) is 6.58. The minimum Gasteiger partial charge on any atom is -0.455 e. The van der Waals surface area contributed by atoms with E-state index in [2.05, 4.69) is 37.4 Å². The Balaban J connectivity index is 1.80. The van der Waals surface area contributed by atoms with Crippen molar-refractivity contribution in [1.29, 1.82) is 0 Å². The number of benzene rings is 3. The van der Waals surface area contributed by atoms with E-state index in [-0.39, 0.29) is 12.5 Å². The lowest BCUT2D eigenvalue weighted by Crippen LogP contribution is -2.40. The first kappa shape index (κ1) is 24.3. The number of amides is 1. The molecule has 0 radical (unpaired) electrons. The number of nitrogens with one attached hydrogen (secondary N) is 1. The van der Waals surface area contributed by atoms with Gasteiger partial charge in [-0.3, -0.25) is 9.10 Å². The van der Waals surface area contributed by atoms with Crippen molar-refractivity contribution in [3.05, 3.63) is 89.5 Å². The lowest BCUT2D eigenvalue weighted by Gasteiger charge is -2.24. The average molecular weight is 467 g/mol. The summed E-state index contributed by atoms with van der Waals surface area (Å²) in [4.78, 5) is 12.8.